The molecule has 0 aromatic rings. The van der Waals surface area contributed by atoms with Gasteiger partial charge in [-0.3, -0.25) is 9.63 Å². The minimum atomic E-state index is -0.317. The molecule has 1 saturated carbocycles. The van der Waals surface area contributed by atoms with Crippen molar-refractivity contribution >= 4 is 11.9 Å². The number of rotatable bonds is 4. The lowest BCUT2D eigenvalue weighted by Crippen LogP contribution is -2.34. The van der Waals surface area contributed by atoms with E-state index in [1.807, 2.05) is 20.8 Å². The molecular weight excluding hydrogens is 270 g/mol. The molecule has 1 amide bonds. The Morgan fingerprint density at radius 3 is 2.33 bits per heavy atom. The fraction of sp³-hybridized carbons (Fsp3) is 0.867. The van der Waals surface area contributed by atoms with Gasteiger partial charge in [0.15, 0.2) is 0 Å². The van der Waals surface area contributed by atoms with Crippen molar-refractivity contribution in [3.05, 3.63) is 0 Å². The van der Waals surface area contributed by atoms with E-state index in [1.54, 1.807) is 7.05 Å². The predicted molar refractivity (Wildman–Crippen MR) is 82.6 cm³/mol. The molecule has 6 heteroatoms. The first-order chi connectivity index (χ1) is 9.73. The molecule has 1 rings (SSSR count). The molecule has 21 heavy (non-hydrogen) atoms. The van der Waals surface area contributed by atoms with Gasteiger partial charge in [-0.05, 0) is 52.4 Å². The van der Waals surface area contributed by atoms with E-state index in [4.69, 9.17) is 15.3 Å². The number of hydrogen-bond acceptors (Lipinski definition) is 4. The van der Waals surface area contributed by atoms with Crippen molar-refractivity contribution in [2.24, 2.45) is 22.6 Å². The third-order valence-electron chi connectivity index (χ3n) is 3.70. The Hall–Kier alpha value is -1.30. The molecule has 0 bridgehead atoms. The van der Waals surface area contributed by atoms with Crippen LogP contribution >= 0.6 is 0 Å². The van der Waals surface area contributed by atoms with Crippen LogP contribution in [0.5, 0.6) is 0 Å². The van der Waals surface area contributed by atoms with Crippen molar-refractivity contribution in [3.63, 3.8) is 0 Å². The molecule has 1 fully saturated rings. The highest BCUT2D eigenvalue weighted by Crippen LogP contribution is 2.30. The quantitative estimate of drug-likeness (QED) is 0.489. The van der Waals surface area contributed by atoms with Gasteiger partial charge in [0.05, 0.1) is 7.11 Å². The zero-order valence-corrected chi connectivity index (χ0v) is 13.9. The average molecular weight is 299 g/mol. The first kappa shape index (κ1) is 17.8. The lowest BCUT2D eigenvalue weighted by atomic mass is 9.81. The van der Waals surface area contributed by atoms with Gasteiger partial charge in [0.2, 0.25) is 5.91 Å². The fourth-order valence-corrected chi connectivity index (χ4v) is 2.50. The Morgan fingerprint density at radius 1 is 1.29 bits per heavy atom. The van der Waals surface area contributed by atoms with Crippen LogP contribution in [0.15, 0.2) is 4.99 Å². The van der Waals surface area contributed by atoms with Gasteiger partial charge >= 0.3 is 0 Å². The van der Waals surface area contributed by atoms with Crippen molar-refractivity contribution in [1.82, 2.24) is 5.06 Å². The van der Waals surface area contributed by atoms with Gasteiger partial charge < -0.3 is 10.5 Å². The summed E-state index contributed by atoms with van der Waals surface area (Å²) >= 11 is 0. The van der Waals surface area contributed by atoms with Crippen molar-refractivity contribution in [2.75, 3.05) is 20.7 Å². The number of amidine groups is 1. The average Bonchev–Trinajstić information content (AvgIpc) is 2.42. The molecular formula is C15H29N3O3. The van der Waals surface area contributed by atoms with Crippen LogP contribution in [0.3, 0.4) is 0 Å². The fourth-order valence-electron chi connectivity index (χ4n) is 2.50. The molecule has 0 unspecified atom stereocenters. The Morgan fingerprint density at radius 2 is 1.86 bits per heavy atom. The summed E-state index contributed by atoms with van der Waals surface area (Å²) in [6.45, 7) is 6.50. The minimum Gasteiger partial charge on any atom is -0.460 e. The third kappa shape index (κ3) is 6.33. The van der Waals surface area contributed by atoms with E-state index in [2.05, 4.69) is 4.99 Å². The molecule has 0 aromatic heterocycles. The minimum absolute atomic E-state index is 0.0648. The Kier molecular flexibility index (Phi) is 6.45. The third-order valence-corrected chi connectivity index (χ3v) is 3.70. The number of amides is 1. The number of nitrogens with two attached hydrogens (primary N) is 1. The largest absolute Gasteiger partial charge is 0.460 e. The van der Waals surface area contributed by atoms with Gasteiger partial charge in [-0.15, -0.1) is 0 Å². The second-order valence-electron chi connectivity index (χ2n) is 6.63. The number of nitrogens with zero attached hydrogens (tertiary/aromatic N) is 2. The van der Waals surface area contributed by atoms with E-state index in [0.717, 1.165) is 25.7 Å². The van der Waals surface area contributed by atoms with Gasteiger partial charge in [-0.25, -0.2) is 10.1 Å². The molecule has 0 aromatic carbocycles. The number of ether oxygens (including phenoxy) is 1. The SMILES string of the molecule is CON(C)C(=O)C1CCC(CN=C(N)OC(C)(C)C)CC1. The maximum absolute atomic E-state index is 12.0. The van der Waals surface area contributed by atoms with Gasteiger partial charge in [0.1, 0.15) is 5.60 Å². The second kappa shape index (κ2) is 7.64. The van der Waals surface area contributed by atoms with Gasteiger partial charge in [-0.1, -0.05) is 0 Å². The topological polar surface area (TPSA) is 77.2 Å². The molecule has 0 atom stereocenters. The summed E-state index contributed by atoms with van der Waals surface area (Å²) in [4.78, 5) is 21.2. The van der Waals surface area contributed by atoms with E-state index < -0.39 is 0 Å². The predicted octanol–water partition coefficient (Wildman–Crippen LogP) is 1.94. The van der Waals surface area contributed by atoms with Gasteiger partial charge in [0, 0.05) is 19.5 Å². The summed E-state index contributed by atoms with van der Waals surface area (Å²) in [5.41, 5.74) is 5.44. The molecule has 2 N–H and O–H groups in total. The van der Waals surface area contributed by atoms with Crippen LogP contribution in [0.2, 0.25) is 0 Å². The molecule has 0 heterocycles. The van der Waals surface area contributed by atoms with E-state index in [-0.39, 0.29) is 23.4 Å². The smallest absolute Gasteiger partial charge is 0.282 e. The van der Waals surface area contributed by atoms with Crippen molar-refractivity contribution in [2.45, 2.75) is 52.1 Å². The highest BCUT2D eigenvalue weighted by Gasteiger charge is 2.28. The Balaban J connectivity index is 2.37. The van der Waals surface area contributed by atoms with Crippen LogP contribution in [-0.4, -0.2) is 43.3 Å². The van der Waals surface area contributed by atoms with Crippen LogP contribution in [-0.2, 0) is 14.4 Å². The summed E-state index contributed by atoms with van der Waals surface area (Å²) < 4.78 is 5.48. The highest BCUT2D eigenvalue weighted by molar-refractivity contribution is 5.77. The molecule has 0 spiro atoms. The monoisotopic (exact) mass is 299 g/mol. The summed E-state index contributed by atoms with van der Waals surface area (Å²) in [5, 5.41) is 1.32. The normalized spacial score (nSPS) is 23.8. The van der Waals surface area contributed by atoms with Gasteiger partial charge in [0.25, 0.3) is 6.02 Å². The van der Waals surface area contributed by atoms with E-state index in [0.29, 0.717) is 12.5 Å². The standard InChI is InChI=1S/C15H29N3O3/c1-15(2,3)21-14(16)17-10-11-6-8-12(9-7-11)13(19)18(4)20-5/h11-12H,6-10H2,1-5H3,(H2,16,17). The zero-order valence-electron chi connectivity index (χ0n) is 13.9. The summed E-state index contributed by atoms with van der Waals surface area (Å²) in [5.74, 6) is 0.609. The number of hydrogen-bond donors (Lipinski definition) is 1. The maximum atomic E-state index is 12.0. The maximum Gasteiger partial charge on any atom is 0.282 e. The zero-order chi connectivity index (χ0) is 16.0. The van der Waals surface area contributed by atoms with Crippen LogP contribution < -0.4 is 5.73 Å². The second-order valence-corrected chi connectivity index (χ2v) is 6.63. The van der Waals surface area contributed by atoms with Crippen molar-refractivity contribution in [3.8, 4) is 0 Å². The Bertz CT molecular complexity index is 369. The lowest BCUT2D eigenvalue weighted by Gasteiger charge is -2.29. The molecule has 1 aliphatic rings. The Labute approximate surface area is 127 Å². The molecule has 6 nitrogen and oxygen atoms in total. The van der Waals surface area contributed by atoms with Crippen molar-refractivity contribution in [1.29, 1.82) is 0 Å². The van der Waals surface area contributed by atoms with Crippen LogP contribution in [0.4, 0.5) is 0 Å². The number of hydroxylamine groups is 2. The summed E-state index contributed by atoms with van der Waals surface area (Å²) in [6.07, 6.45) is 3.74. The first-order valence-corrected chi connectivity index (χ1v) is 7.53. The molecule has 0 saturated heterocycles. The molecule has 0 radical (unpaired) electrons. The van der Waals surface area contributed by atoms with Crippen LogP contribution in [0, 0.1) is 11.8 Å². The summed E-state index contributed by atoms with van der Waals surface area (Å²) in [6, 6.07) is 0.250. The van der Waals surface area contributed by atoms with Gasteiger partial charge in [-0.2, -0.15) is 0 Å². The summed E-state index contributed by atoms with van der Waals surface area (Å²) in [7, 11) is 3.17. The number of carbonyl (C=O) groups excluding carboxylic acids is 1. The molecule has 122 valence electrons. The molecule has 0 aliphatic heterocycles. The first-order valence-electron chi connectivity index (χ1n) is 7.53. The van der Waals surface area contributed by atoms with E-state index >= 15 is 0 Å². The number of carbonyl (C=O) groups is 1. The molecule has 1 aliphatic carbocycles. The lowest BCUT2D eigenvalue weighted by molar-refractivity contribution is -0.174. The van der Waals surface area contributed by atoms with E-state index in [9.17, 15) is 4.79 Å². The van der Waals surface area contributed by atoms with Crippen LogP contribution in [0.25, 0.3) is 0 Å². The van der Waals surface area contributed by atoms with Crippen molar-refractivity contribution < 1.29 is 14.4 Å². The highest BCUT2D eigenvalue weighted by atomic mass is 16.7. The van der Waals surface area contributed by atoms with E-state index in [1.165, 1.54) is 12.2 Å². The van der Waals surface area contributed by atoms with Crippen LogP contribution in [0.1, 0.15) is 46.5 Å². The number of aliphatic imine (C=N–C) groups is 1.